The first kappa shape index (κ1) is 15.7. The van der Waals surface area contributed by atoms with Crippen molar-refractivity contribution in [2.45, 2.75) is 40.2 Å². The highest BCUT2D eigenvalue weighted by molar-refractivity contribution is 5.89. The highest BCUT2D eigenvalue weighted by Gasteiger charge is 2.22. The molecule has 0 aliphatic heterocycles. The lowest BCUT2D eigenvalue weighted by atomic mass is 10.1. The van der Waals surface area contributed by atoms with Crippen LogP contribution in [0.3, 0.4) is 0 Å². The summed E-state index contributed by atoms with van der Waals surface area (Å²) in [5, 5.41) is 24.4. The van der Waals surface area contributed by atoms with Crippen LogP contribution in [0.15, 0.2) is 6.07 Å². The van der Waals surface area contributed by atoms with Gasteiger partial charge in [0, 0.05) is 11.8 Å². The van der Waals surface area contributed by atoms with E-state index in [1.54, 1.807) is 19.9 Å². The van der Waals surface area contributed by atoms with Crippen molar-refractivity contribution in [1.82, 2.24) is 20.0 Å². The molecule has 1 amide bonds. The van der Waals surface area contributed by atoms with Gasteiger partial charge in [-0.2, -0.15) is 10.2 Å². The zero-order chi connectivity index (χ0) is 16.4. The summed E-state index contributed by atoms with van der Waals surface area (Å²) in [6.07, 6.45) is 0. The molecule has 2 aromatic heterocycles. The first-order valence-electron chi connectivity index (χ1n) is 6.83. The minimum atomic E-state index is -0.491. The van der Waals surface area contributed by atoms with Crippen molar-refractivity contribution in [1.29, 1.82) is 0 Å². The van der Waals surface area contributed by atoms with Gasteiger partial charge in [-0.15, -0.1) is 0 Å². The molecule has 0 aliphatic rings. The number of H-pyrrole nitrogens is 1. The van der Waals surface area contributed by atoms with E-state index in [0.717, 1.165) is 5.69 Å². The van der Waals surface area contributed by atoms with Crippen LogP contribution < -0.4 is 5.32 Å². The summed E-state index contributed by atoms with van der Waals surface area (Å²) >= 11 is 0. The monoisotopic (exact) mass is 306 g/mol. The lowest BCUT2D eigenvalue weighted by molar-refractivity contribution is -0.386. The largest absolute Gasteiger partial charge is 0.312 e. The first-order valence-corrected chi connectivity index (χ1v) is 6.83. The Kier molecular flexibility index (Phi) is 4.25. The van der Waals surface area contributed by atoms with E-state index in [-0.39, 0.29) is 29.8 Å². The zero-order valence-electron chi connectivity index (χ0n) is 12.9. The van der Waals surface area contributed by atoms with Crippen LogP contribution >= 0.6 is 0 Å². The molecule has 22 heavy (non-hydrogen) atoms. The maximum Gasteiger partial charge on any atom is 0.312 e. The predicted octanol–water partition coefficient (Wildman–Crippen LogP) is 1.89. The number of carbonyl (C=O) groups excluding carboxylic acids is 1. The topological polar surface area (TPSA) is 119 Å². The van der Waals surface area contributed by atoms with Gasteiger partial charge in [-0.1, -0.05) is 13.8 Å². The second kappa shape index (κ2) is 5.96. The van der Waals surface area contributed by atoms with Gasteiger partial charge in [0.2, 0.25) is 5.91 Å². The average molecular weight is 306 g/mol. The van der Waals surface area contributed by atoms with Crippen molar-refractivity contribution in [3.63, 3.8) is 0 Å². The number of nitrogens with one attached hydrogen (secondary N) is 2. The lowest BCUT2D eigenvalue weighted by Crippen LogP contribution is -2.20. The molecule has 0 fully saturated rings. The molecule has 2 rings (SSSR count). The number of carbonyl (C=O) groups is 1. The molecule has 2 aromatic rings. The summed E-state index contributed by atoms with van der Waals surface area (Å²) in [5.41, 5.74) is 1.49. The fraction of sp³-hybridized carbons (Fsp3) is 0.462. The van der Waals surface area contributed by atoms with Crippen LogP contribution in [0.4, 0.5) is 11.5 Å². The van der Waals surface area contributed by atoms with E-state index in [1.165, 1.54) is 4.68 Å². The molecule has 2 heterocycles. The summed E-state index contributed by atoms with van der Waals surface area (Å²) in [6.45, 7) is 7.02. The number of anilines is 1. The maximum atomic E-state index is 12.0. The summed E-state index contributed by atoms with van der Waals surface area (Å²) in [5.74, 6) is 0.351. The van der Waals surface area contributed by atoms with Crippen LogP contribution in [0, 0.1) is 24.0 Å². The summed E-state index contributed by atoms with van der Waals surface area (Å²) in [4.78, 5) is 22.5. The number of aryl methyl sites for hydroxylation is 1. The molecule has 9 heteroatoms. The van der Waals surface area contributed by atoms with Crippen molar-refractivity contribution >= 4 is 17.4 Å². The minimum absolute atomic E-state index is 0.0605. The Labute approximate surface area is 126 Å². The van der Waals surface area contributed by atoms with Crippen LogP contribution in [0.2, 0.25) is 0 Å². The molecule has 0 radical (unpaired) electrons. The van der Waals surface area contributed by atoms with Crippen LogP contribution in [-0.4, -0.2) is 30.8 Å². The van der Waals surface area contributed by atoms with Crippen molar-refractivity contribution in [2.24, 2.45) is 0 Å². The normalized spacial score (nSPS) is 11.0. The molecule has 0 saturated carbocycles. The van der Waals surface area contributed by atoms with Crippen LogP contribution in [-0.2, 0) is 11.3 Å². The summed E-state index contributed by atoms with van der Waals surface area (Å²) in [7, 11) is 0. The number of aromatic nitrogens is 4. The van der Waals surface area contributed by atoms with Gasteiger partial charge >= 0.3 is 5.69 Å². The third-order valence-corrected chi connectivity index (χ3v) is 3.31. The van der Waals surface area contributed by atoms with Gasteiger partial charge in [0.15, 0.2) is 5.82 Å². The molecule has 2 N–H and O–H groups in total. The van der Waals surface area contributed by atoms with Gasteiger partial charge in [0.25, 0.3) is 0 Å². The summed E-state index contributed by atoms with van der Waals surface area (Å²) in [6, 6.07) is 1.76. The Morgan fingerprint density at radius 2 is 2.18 bits per heavy atom. The Morgan fingerprint density at radius 3 is 2.68 bits per heavy atom. The van der Waals surface area contributed by atoms with E-state index in [9.17, 15) is 14.9 Å². The predicted molar refractivity (Wildman–Crippen MR) is 79.7 cm³/mol. The Bertz CT molecular complexity index is 715. The van der Waals surface area contributed by atoms with E-state index in [2.05, 4.69) is 20.6 Å². The smallest absolute Gasteiger partial charge is 0.308 e. The SMILES string of the molecule is Cc1nn(CC(=O)Nc2cc(C(C)C)[nH]n2)c(C)c1[N+](=O)[O-]. The molecule has 0 saturated heterocycles. The van der Waals surface area contributed by atoms with Gasteiger partial charge in [0.05, 0.1) is 4.92 Å². The fourth-order valence-corrected chi connectivity index (χ4v) is 2.12. The molecule has 118 valence electrons. The first-order chi connectivity index (χ1) is 10.3. The Hall–Kier alpha value is -2.71. The lowest BCUT2D eigenvalue weighted by Gasteiger charge is -2.03. The number of nitro groups is 1. The zero-order valence-corrected chi connectivity index (χ0v) is 12.9. The van der Waals surface area contributed by atoms with E-state index in [4.69, 9.17) is 0 Å². The number of aromatic amines is 1. The third-order valence-electron chi connectivity index (χ3n) is 3.31. The Morgan fingerprint density at radius 1 is 1.50 bits per heavy atom. The quantitative estimate of drug-likeness (QED) is 0.646. The van der Waals surface area contributed by atoms with E-state index >= 15 is 0 Å². The number of amides is 1. The molecule has 0 bridgehead atoms. The maximum absolute atomic E-state index is 12.0. The van der Waals surface area contributed by atoms with Crippen molar-refractivity contribution in [3.8, 4) is 0 Å². The average Bonchev–Trinajstić information content (AvgIpc) is 2.95. The number of nitrogens with zero attached hydrogens (tertiary/aromatic N) is 4. The molecular formula is C13H18N6O3. The molecule has 0 unspecified atom stereocenters. The van der Waals surface area contributed by atoms with Crippen LogP contribution in [0.25, 0.3) is 0 Å². The molecule has 0 atom stereocenters. The van der Waals surface area contributed by atoms with Crippen molar-refractivity contribution in [2.75, 3.05) is 5.32 Å². The molecule has 0 spiro atoms. The van der Waals surface area contributed by atoms with E-state index in [0.29, 0.717) is 11.5 Å². The summed E-state index contributed by atoms with van der Waals surface area (Å²) < 4.78 is 1.32. The van der Waals surface area contributed by atoms with Gasteiger partial charge in [-0.05, 0) is 19.8 Å². The highest BCUT2D eigenvalue weighted by atomic mass is 16.6. The third kappa shape index (κ3) is 3.13. The highest BCUT2D eigenvalue weighted by Crippen LogP contribution is 2.21. The van der Waals surface area contributed by atoms with Gasteiger partial charge in [-0.25, -0.2) is 0 Å². The minimum Gasteiger partial charge on any atom is -0.308 e. The second-order valence-corrected chi connectivity index (χ2v) is 5.35. The van der Waals surface area contributed by atoms with Crippen LogP contribution in [0.1, 0.15) is 36.8 Å². The Balaban J connectivity index is 2.09. The van der Waals surface area contributed by atoms with Gasteiger partial charge in [-0.3, -0.25) is 24.7 Å². The van der Waals surface area contributed by atoms with Crippen LogP contribution in [0.5, 0.6) is 0 Å². The fourth-order valence-electron chi connectivity index (χ4n) is 2.12. The molecule has 9 nitrogen and oxygen atoms in total. The molecular weight excluding hydrogens is 288 g/mol. The number of hydrogen-bond acceptors (Lipinski definition) is 5. The van der Waals surface area contributed by atoms with Crippen molar-refractivity contribution in [3.05, 3.63) is 33.3 Å². The van der Waals surface area contributed by atoms with E-state index < -0.39 is 4.92 Å². The van der Waals surface area contributed by atoms with Crippen molar-refractivity contribution < 1.29 is 9.72 Å². The van der Waals surface area contributed by atoms with Gasteiger partial charge in [0.1, 0.15) is 17.9 Å². The number of rotatable bonds is 5. The van der Waals surface area contributed by atoms with E-state index in [1.807, 2.05) is 13.8 Å². The molecule has 0 aliphatic carbocycles. The second-order valence-electron chi connectivity index (χ2n) is 5.35. The standard InChI is InChI=1S/C13H18N6O3/c1-7(2)10-5-11(16-15-10)14-12(20)6-18-9(4)13(19(21)22)8(3)17-18/h5,7H,6H2,1-4H3,(H2,14,15,16,20). The molecule has 0 aromatic carbocycles. The number of hydrogen-bond donors (Lipinski definition) is 2. The van der Waals surface area contributed by atoms with Gasteiger partial charge < -0.3 is 5.32 Å².